The average molecular weight is 468 g/mol. The molecule has 1 unspecified atom stereocenters. The van der Waals surface area contributed by atoms with Gasteiger partial charge in [0.2, 0.25) is 11.8 Å². The summed E-state index contributed by atoms with van der Waals surface area (Å²) >= 11 is 2.09. The highest BCUT2D eigenvalue weighted by molar-refractivity contribution is 14.1. The molecule has 2 aromatic rings. The van der Waals surface area contributed by atoms with E-state index >= 15 is 0 Å². The zero-order valence-corrected chi connectivity index (χ0v) is 16.8. The molecule has 0 saturated heterocycles. The minimum atomic E-state index is -0.378. The Morgan fingerprint density at radius 3 is 2.69 bits per heavy atom. The van der Waals surface area contributed by atoms with Gasteiger partial charge < -0.3 is 15.2 Å². The number of hydrogen-bond donors (Lipinski definition) is 2. The monoisotopic (exact) mass is 468 g/mol. The number of carbonyl (C=O) groups excluding carboxylic acids is 2. The van der Waals surface area contributed by atoms with Gasteiger partial charge in [-0.2, -0.15) is 4.98 Å². The smallest absolute Gasteiger partial charge is 0.252 e. The molecular weight excluding hydrogens is 447 g/mol. The SMILES string of the molecule is CC(C)C(NC(=O)CNC(=O)c1ccccc1I)c1nc(C2CC2)no1. The van der Waals surface area contributed by atoms with Gasteiger partial charge in [-0.05, 0) is 53.5 Å². The third-order valence-corrected chi connectivity index (χ3v) is 5.12. The van der Waals surface area contributed by atoms with Crippen LogP contribution in [0.1, 0.15) is 60.7 Å². The molecular formula is C18H21IN4O3. The van der Waals surface area contributed by atoms with Crippen LogP contribution in [0.4, 0.5) is 0 Å². The van der Waals surface area contributed by atoms with Gasteiger partial charge >= 0.3 is 0 Å². The second kappa shape index (κ2) is 8.15. The van der Waals surface area contributed by atoms with Crippen LogP contribution in [-0.2, 0) is 4.79 Å². The highest BCUT2D eigenvalue weighted by Gasteiger charge is 2.31. The standard InChI is InChI=1S/C18H21IN4O3/c1-10(2)15(18-22-16(23-26-18)11-7-8-11)21-14(24)9-20-17(25)12-5-3-4-6-13(12)19/h3-6,10-11,15H,7-9H2,1-2H3,(H,20,25)(H,21,24). The molecule has 1 heterocycles. The Hall–Kier alpha value is -1.97. The van der Waals surface area contributed by atoms with Gasteiger partial charge in [0.25, 0.3) is 5.91 Å². The molecule has 7 nitrogen and oxygen atoms in total. The number of hydrogen-bond acceptors (Lipinski definition) is 5. The van der Waals surface area contributed by atoms with Gasteiger partial charge in [0.05, 0.1) is 12.1 Å². The fourth-order valence-corrected chi connectivity index (χ4v) is 3.15. The molecule has 0 aliphatic heterocycles. The van der Waals surface area contributed by atoms with Crippen molar-refractivity contribution in [3.63, 3.8) is 0 Å². The number of aromatic nitrogens is 2. The molecule has 1 aliphatic rings. The first-order valence-electron chi connectivity index (χ1n) is 8.61. The molecule has 0 spiro atoms. The zero-order chi connectivity index (χ0) is 18.7. The van der Waals surface area contributed by atoms with Gasteiger partial charge in [-0.3, -0.25) is 9.59 Å². The van der Waals surface area contributed by atoms with Crippen molar-refractivity contribution in [3.05, 3.63) is 45.1 Å². The summed E-state index contributed by atoms with van der Waals surface area (Å²) in [6, 6.07) is 6.84. The molecule has 1 fully saturated rings. The molecule has 1 saturated carbocycles. The first-order chi connectivity index (χ1) is 12.5. The molecule has 2 amide bonds. The molecule has 1 aromatic carbocycles. The summed E-state index contributed by atoms with van der Waals surface area (Å²) in [7, 11) is 0. The number of carbonyl (C=O) groups is 2. The van der Waals surface area contributed by atoms with Crippen molar-refractivity contribution in [2.45, 2.75) is 38.6 Å². The van der Waals surface area contributed by atoms with E-state index in [0.717, 1.165) is 16.4 Å². The van der Waals surface area contributed by atoms with Crippen molar-refractivity contribution in [3.8, 4) is 0 Å². The third-order valence-electron chi connectivity index (χ3n) is 4.18. The van der Waals surface area contributed by atoms with Crippen LogP contribution < -0.4 is 10.6 Å². The average Bonchev–Trinajstić information content (AvgIpc) is 3.35. The Labute approximate surface area is 165 Å². The van der Waals surface area contributed by atoms with E-state index < -0.39 is 0 Å². The highest BCUT2D eigenvalue weighted by atomic mass is 127. The van der Waals surface area contributed by atoms with Crippen LogP contribution in [0.25, 0.3) is 0 Å². The van der Waals surface area contributed by atoms with Gasteiger partial charge in [0, 0.05) is 9.49 Å². The van der Waals surface area contributed by atoms with Crippen molar-refractivity contribution < 1.29 is 14.1 Å². The largest absolute Gasteiger partial charge is 0.343 e. The van der Waals surface area contributed by atoms with E-state index in [4.69, 9.17) is 4.52 Å². The zero-order valence-electron chi connectivity index (χ0n) is 14.7. The highest BCUT2D eigenvalue weighted by Crippen LogP contribution is 2.38. The second-order valence-corrected chi connectivity index (χ2v) is 7.88. The molecule has 2 N–H and O–H groups in total. The predicted octanol–water partition coefficient (Wildman–Crippen LogP) is 2.79. The van der Waals surface area contributed by atoms with E-state index in [1.807, 2.05) is 26.0 Å². The Kier molecular flexibility index (Phi) is 5.90. The van der Waals surface area contributed by atoms with Gasteiger partial charge in [-0.25, -0.2) is 0 Å². The van der Waals surface area contributed by atoms with Gasteiger partial charge in [-0.15, -0.1) is 0 Å². The molecule has 3 rings (SSSR count). The van der Waals surface area contributed by atoms with E-state index in [2.05, 4.69) is 43.4 Å². The maximum absolute atomic E-state index is 12.3. The lowest BCUT2D eigenvalue weighted by molar-refractivity contribution is -0.121. The van der Waals surface area contributed by atoms with Crippen LogP contribution in [-0.4, -0.2) is 28.5 Å². The first kappa shape index (κ1) is 18.8. The van der Waals surface area contributed by atoms with Crippen molar-refractivity contribution >= 4 is 34.4 Å². The van der Waals surface area contributed by atoms with Crippen molar-refractivity contribution in [1.82, 2.24) is 20.8 Å². The topological polar surface area (TPSA) is 97.1 Å². The van der Waals surface area contributed by atoms with Crippen LogP contribution >= 0.6 is 22.6 Å². The second-order valence-electron chi connectivity index (χ2n) is 6.72. The summed E-state index contributed by atoms with van der Waals surface area (Å²) in [5.74, 6) is 1.03. The Bertz CT molecular complexity index is 801. The van der Waals surface area contributed by atoms with E-state index in [1.165, 1.54) is 0 Å². The lowest BCUT2D eigenvalue weighted by Crippen LogP contribution is -2.40. The number of benzene rings is 1. The molecule has 138 valence electrons. The Morgan fingerprint density at radius 1 is 1.31 bits per heavy atom. The number of rotatable bonds is 7. The number of halogens is 1. The molecule has 8 heteroatoms. The van der Waals surface area contributed by atoms with E-state index in [9.17, 15) is 9.59 Å². The van der Waals surface area contributed by atoms with Crippen LogP contribution in [0.2, 0.25) is 0 Å². The number of nitrogens with one attached hydrogen (secondary N) is 2. The summed E-state index contributed by atoms with van der Waals surface area (Å²) in [6.45, 7) is 3.82. The van der Waals surface area contributed by atoms with E-state index in [1.54, 1.807) is 12.1 Å². The quantitative estimate of drug-likeness (QED) is 0.610. The van der Waals surface area contributed by atoms with Crippen molar-refractivity contribution in [1.29, 1.82) is 0 Å². The summed E-state index contributed by atoms with van der Waals surface area (Å²) in [5, 5.41) is 9.53. The predicted molar refractivity (Wildman–Crippen MR) is 103 cm³/mol. The minimum absolute atomic E-state index is 0.0808. The van der Waals surface area contributed by atoms with E-state index in [-0.39, 0.29) is 30.3 Å². The van der Waals surface area contributed by atoms with Crippen LogP contribution in [0.3, 0.4) is 0 Å². The van der Waals surface area contributed by atoms with Crippen LogP contribution in [0, 0.1) is 9.49 Å². The summed E-state index contributed by atoms with van der Waals surface area (Å²) in [4.78, 5) is 28.9. The Balaban J connectivity index is 1.57. The first-order valence-corrected chi connectivity index (χ1v) is 9.69. The van der Waals surface area contributed by atoms with Crippen LogP contribution in [0.15, 0.2) is 28.8 Å². The fourth-order valence-electron chi connectivity index (χ4n) is 2.52. The summed E-state index contributed by atoms with van der Waals surface area (Å²) < 4.78 is 6.17. The molecule has 0 radical (unpaired) electrons. The van der Waals surface area contributed by atoms with Gasteiger partial charge in [0.1, 0.15) is 6.04 Å². The molecule has 1 aromatic heterocycles. The minimum Gasteiger partial charge on any atom is -0.343 e. The van der Waals surface area contributed by atoms with Gasteiger partial charge in [0.15, 0.2) is 5.82 Å². The Morgan fingerprint density at radius 2 is 2.04 bits per heavy atom. The third kappa shape index (κ3) is 4.60. The summed E-state index contributed by atoms with van der Waals surface area (Å²) in [6.07, 6.45) is 2.17. The number of nitrogens with zero attached hydrogens (tertiary/aromatic N) is 2. The number of amides is 2. The molecule has 0 bridgehead atoms. The maximum atomic E-state index is 12.3. The van der Waals surface area contributed by atoms with Gasteiger partial charge in [-0.1, -0.05) is 31.1 Å². The van der Waals surface area contributed by atoms with Crippen molar-refractivity contribution in [2.24, 2.45) is 5.92 Å². The lowest BCUT2D eigenvalue weighted by Gasteiger charge is -2.18. The normalized spacial score (nSPS) is 14.9. The molecule has 1 aliphatic carbocycles. The van der Waals surface area contributed by atoms with Crippen molar-refractivity contribution in [2.75, 3.05) is 6.54 Å². The maximum Gasteiger partial charge on any atom is 0.252 e. The molecule has 26 heavy (non-hydrogen) atoms. The van der Waals surface area contributed by atoms with Crippen LogP contribution in [0.5, 0.6) is 0 Å². The summed E-state index contributed by atoms with van der Waals surface area (Å²) in [5.41, 5.74) is 0.548. The van der Waals surface area contributed by atoms with E-state index in [0.29, 0.717) is 23.2 Å². The lowest BCUT2D eigenvalue weighted by atomic mass is 10.0. The fraction of sp³-hybridized carbons (Fsp3) is 0.444. The molecule has 1 atom stereocenters.